The van der Waals surface area contributed by atoms with Crippen LogP contribution in [0.1, 0.15) is 6.92 Å². The Morgan fingerprint density at radius 3 is 1.89 bits per heavy atom. The zero-order chi connectivity index (χ0) is 6.78. The second-order valence-electron chi connectivity index (χ2n) is 1.00. The third-order valence-corrected chi connectivity index (χ3v) is 0.668. The third-order valence-electron chi connectivity index (χ3n) is 0.223. The number of rotatable bonds is 1. The first-order chi connectivity index (χ1) is 3.42. The van der Waals surface area contributed by atoms with Gasteiger partial charge in [0.15, 0.2) is 17.4 Å². The lowest BCUT2D eigenvalue weighted by Crippen LogP contribution is -2.07. The molecule has 0 aliphatic carbocycles. The summed E-state index contributed by atoms with van der Waals surface area (Å²) in [7, 11) is -4.57. The summed E-state index contributed by atoms with van der Waals surface area (Å²) in [5.41, 5.74) is 0. The molecule has 0 unspecified atom stereocenters. The van der Waals surface area contributed by atoms with Crippen LogP contribution < -0.4 is 0 Å². The van der Waals surface area contributed by atoms with Gasteiger partial charge in [-0.2, -0.15) is 8.42 Å². The molecule has 0 amide bonds. The van der Waals surface area contributed by atoms with E-state index in [9.17, 15) is 13.2 Å². The lowest BCUT2D eigenvalue weighted by atomic mass is 10.9. The Kier molecular flexibility index (Phi) is 4.99. The van der Waals surface area contributed by atoms with Gasteiger partial charge < -0.3 is 4.18 Å². The van der Waals surface area contributed by atoms with Crippen LogP contribution in [-0.4, -0.2) is 36.3 Å². The van der Waals surface area contributed by atoms with Gasteiger partial charge in [0.2, 0.25) is 0 Å². The summed E-state index contributed by atoms with van der Waals surface area (Å²) in [5.74, 6) is -1.06. The molecule has 0 fully saturated rings. The zero-order valence-electron chi connectivity index (χ0n) is 3.99. The van der Waals surface area contributed by atoms with Crippen molar-refractivity contribution in [2.24, 2.45) is 0 Å². The minimum atomic E-state index is -4.57. The van der Waals surface area contributed by atoms with Crippen molar-refractivity contribution in [1.82, 2.24) is 0 Å². The zero-order valence-corrected chi connectivity index (χ0v) is 4.80. The van der Waals surface area contributed by atoms with Gasteiger partial charge in [0, 0.05) is 6.92 Å². The molecule has 0 radical (unpaired) electrons. The molecule has 1 N–H and O–H groups in total. The Hall–Kier alpha value is -0.0875. The maximum absolute atomic E-state index is 9.70. The van der Waals surface area contributed by atoms with Crippen LogP contribution in [-0.2, 0) is 19.4 Å². The molecular formula is C2H7AlO5S. The highest BCUT2D eigenvalue weighted by Crippen LogP contribution is 1.84. The van der Waals surface area contributed by atoms with E-state index in [0.29, 0.717) is 0 Å². The predicted octanol–water partition coefficient (Wildman–Crippen LogP) is -1.83. The van der Waals surface area contributed by atoms with Gasteiger partial charge in [0.25, 0.3) is 0 Å². The lowest BCUT2D eigenvalue weighted by Gasteiger charge is -1.90. The average Bonchev–Trinajstić information content (AvgIpc) is 1.21. The Labute approximate surface area is 63.1 Å². The molecule has 0 aliphatic heterocycles. The summed E-state index contributed by atoms with van der Waals surface area (Å²) in [4.78, 5) is 9.70. The molecule has 0 heterocycles. The van der Waals surface area contributed by atoms with Crippen molar-refractivity contribution in [3.8, 4) is 0 Å². The molecule has 0 bridgehead atoms. The summed E-state index contributed by atoms with van der Waals surface area (Å²) in [6.07, 6.45) is 0. The fourth-order valence-corrected chi connectivity index (χ4v) is 0.445. The molecule has 0 atom stereocenters. The van der Waals surface area contributed by atoms with E-state index in [4.69, 9.17) is 4.55 Å². The molecule has 0 aromatic rings. The minimum Gasteiger partial charge on any atom is -0.325 e. The SMILES string of the molecule is CC(=O)OS(=O)(=O)O.[AlH3]. The topological polar surface area (TPSA) is 80.7 Å². The van der Waals surface area contributed by atoms with E-state index in [1.165, 1.54) is 0 Å². The quantitative estimate of drug-likeness (QED) is 0.369. The van der Waals surface area contributed by atoms with Crippen molar-refractivity contribution in [2.75, 3.05) is 0 Å². The van der Waals surface area contributed by atoms with Crippen LogP contribution in [0.25, 0.3) is 0 Å². The van der Waals surface area contributed by atoms with Gasteiger partial charge in [-0.05, 0) is 0 Å². The fourth-order valence-electron chi connectivity index (χ4n) is 0.148. The molecule has 0 saturated heterocycles. The van der Waals surface area contributed by atoms with Crippen LogP contribution in [0.3, 0.4) is 0 Å². The van der Waals surface area contributed by atoms with Crippen molar-refractivity contribution in [1.29, 1.82) is 0 Å². The Morgan fingerprint density at radius 2 is 1.89 bits per heavy atom. The number of carbonyl (C=O) groups excluding carboxylic acids is 1. The summed E-state index contributed by atoms with van der Waals surface area (Å²) in [6, 6.07) is 0. The number of carbonyl (C=O) groups is 1. The standard InChI is InChI=1S/C2H4O5S.Al.3H/c1-2(3)7-8(4,5)6;;;;/h1H3,(H,4,5,6);;;;. The molecule has 5 nitrogen and oxygen atoms in total. The van der Waals surface area contributed by atoms with E-state index in [0.717, 1.165) is 6.92 Å². The molecule has 0 saturated carbocycles. The van der Waals surface area contributed by atoms with Gasteiger partial charge >= 0.3 is 16.4 Å². The van der Waals surface area contributed by atoms with E-state index in [-0.39, 0.29) is 17.4 Å². The normalized spacial score (nSPS) is 9.56. The van der Waals surface area contributed by atoms with Crippen LogP contribution in [0.5, 0.6) is 0 Å². The van der Waals surface area contributed by atoms with E-state index in [1.807, 2.05) is 0 Å². The van der Waals surface area contributed by atoms with E-state index in [2.05, 4.69) is 4.18 Å². The molecular weight excluding hydrogens is 163 g/mol. The van der Waals surface area contributed by atoms with Gasteiger partial charge in [-0.15, -0.1) is 0 Å². The first-order valence-corrected chi connectivity index (χ1v) is 2.96. The molecule has 0 aliphatic rings. The molecule has 7 heteroatoms. The smallest absolute Gasteiger partial charge is 0.325 e. The second kappa shape index (κ2) is 3.85. The maximum Gasteiger partial charge on any atom is 0.448 e. The number of hydrogen-bond acceptors (Lipinski definition) is 4. The van der Waals surface area contributed by atoms with Crippen LogP contribution in [0.15, 0.2) is 0 Å². The van der Waals surface area contributed by atoms with Crippen molar-refractivity contribution in [2.45, 2.75) is 6.92 Å². The molecule has 0 spiro atoms. The maximum atomic E-state index is 9.70. The fraction of sp³-hybridized carbons (Fsp3) is 0.500. The van der Waals surface area contributed by atoms with Crippen molar-refractivity contribution in [3.05, 3.63) is 0 Å². The Balaban J connectivity index is 0. The molecule has 9 heavy (non-hydrogen) atoms. The highest BCUT2D eigenvalue weighted by molar-refractivity contribution is 7.81. The van der Waals surface area contributed by atoms with Gasteiger partial charge in [-0.25, -0.2) is 0 Å². The monoisotopic (exact) mass is 170 g/mol. The summed E-state index contributed by atoms with van der Waals surface area (Å²) in [6.45, 7) is 0.869. The van der Waals surface area contributed by atoms with E-state index < -0.39 is 16.4 Å². The largest absolute Gasteiger partial charge is 0.448 e. The van der Waals surface area contributed by atoms with Crippen LogP contribution in [0.2, 0.25) is 0 Å². The van der Waals surface area contributed by atoms with Crippen LogP contribution in [0, 0.1) is 0 Å². The predicted molar refractivity (Wildman–Crippen MR) is 33.3 cm³/mol. The van der Waals surface area contributed by atoms with Gasteiger partial charge in [0.05, 0.1) is 0 Å². The van der Waals surface area contributed by atoms with E-state index in [1.54, 1.807) is 0 Å². The lowest BCUT2D eigenvalue weighted by molar-refractivity contribution is -0.131. The average molecular weight is 170 g/mol. The van der Waals surface area contributed by atoms with Gasteiger partial charge in [-0.1, -0.05) is 0 Å². The first-order valence-electron chi connectivity index (χ1n) is 1.59. The molecule has 0 aromatic carbocycles. The Bertz CT molecular complexity index is 181. The van der Waals surface area contributed by atoms with Gasteiger partial charge in [0.1, 0.15) is 0 Å². The summed E-state index contributed by atoms with van der Waals surface area (Å²) in [5, 5.41) is 0. The van der Waals surface area contributed by atoms with Crippen LogP contribution in [0.4, 0.5) is 0 Å². The molecule has 0 rings (SSSR count). The summed E-state index contributed by atoms with van der Waals surface area (Å²) >= 11 is 0. The summed E-state index contributed by atoms with van der Waals surface area (Å²) < 4.78 is 30.2. The minimum absolute atomic E-state index is 0. The Morgan fingerprint density at radius 1 is 1.56 bits per heavy atom. The molecule has 0 aromatic heterocycles. The highest BCUT2D eigenvalue weighted by Gasteiger charge is 2.06. The van der Waals surface area contributed by atoms with Crippen molar-refractivity contribution >= 4 is 33.7 Å². The van der Waals surface area contributed by atoms with Crippen LogP contribution >= 0.6 is 0 Å². The number of hydrogen-bond donors (Lipinski definition) is 1. The third kappa shape index (κ3) is 11.5. The van der Waals surface area contributed by atoms with Gasteiger partial charge in [-0.3, -0.25) is 9.35 Å². The van der Waals surface area contributed by atoms with Crippen molar-refractivity contribution < 1.29 is 21.9 Å². The first kappa shape index (κ1) is 11.7. The van der Waals surface area contributed by atoms with E-state index >= 15 is 0 Å². The highest BCUT2D eigenvalue weighted by atomic mass is 32.3. The second-order valence-corrected chi connectivity index (χ2v) is 2.02. The molecule has 54 valence electrons. The van der Waals surface area contributed by atoms with Crippen molar-refractivity contribution in [3.63, 3.8) is 0 Å².